The van der Waals surface area contributed by atoms with E-state index in [4.69, 9.17) is 14.2 Å². The predicted octanol–water partition coefficient (Wildman–Crippen LogP) is 3.40. The summed E-state index contributed by atoms with van der Waals surface area (Å²) in [4.78, 5) is 36.3. The van der Waals surface area contributed by atoms with Gasteiger partial charge in [-0.2, -0.15) is 5.10 Å². The first kappa shape index (κ1) is 24.0. The van der Waals surface area contributed by atoms with E-state index in [9.17, 15) is 14.4 Å². The highest BCUT2D eigenvalue weighted by Gasteiger charge is 2.14. The van der Waals surface area contributed by atoms with Crippen molar-refractivity contribution in [1.82, 2.24) is 5.43 Å². The van der Waals surface area contributed by atoms with Gasteiger partial charge in [-0.25, -0.2) is 10.2 Å². The van der Waals surface area contributed by atoms with Crippen LogP contribution in [0.5, 0.6) is 17.2 Å². The van der Waals surface area contributed by atoms with Crippen molar-refractivity contribution < 1.29 is 28.6 Å². The van der Waals surface area contributed by atoms with Crippen LogP contribution >= 0.6 is 0 Å². The standard InChI is InChI=1S/C25H23N3O6/c1-3-33-20-12-10-19(11-13-20)27-23(29)24(30)28-26-16-17-9-14-21(22(15-17)32-2)34-25(31)18-7-5-4-6-8-18/h4-16H,3H2,1-2H3,(H,27,29)(H,28,30)/b26-16+. The van der Waals surface area contributed by atoms with Gasteiger partial charge in [0.15, 0.2) is 11.5 Å². The van der Waals surface area contributed by atoms with Crippen molar-refractivity contribution in [2.45, 2.75) is 6.92 Å². The third-order valence-electron chi connectivity index (χ3n) is 4.41. The molecule has 0 spiro atoms. The molecule has 0 saturated heterocycles. The molecule has 3 rings (SSSR count). The Morgan fingerprint density at radius 3 is 2.32 bits per heavy atom. The van der Waals surface area contributed by atoms with Crippen molar-refractivity contribution >= 4 is 29.7 Å². The smallest absolute Gasteiger partial charge is 0.343 e. The van der Waals surface area contributed by atoms with Crippen molar-refractivity contribution in [2.75, 3.05) is 19.0 Å². The second-order valence-corrected chi connectivity index (χ2v) is 6.78. The summed E-state index contributed by atoms with van der Waals surface area (Å²) in [5, 5.41) is 6.26. The van der Waals surface area contributed by atoms with Gasteiger partial charge in [-0.3, -0.25) is 9.59 Å². The molecule has 0 atom stereocenters. The molecule has 0 aliphatic rings. The fourth-order valence-corrected chi connectivity index (χ4v) is 2.79. The molecule has 3 aromatic carbocycles. The van der Waals surface area contributed by atoms with Gasteiger partial charge in [0, 0.05) is 5.69 Å². The molecule has 2 amide bonds. The van der Waals surface area contributed by atoms with Crippen LogP contribution in [-0.2, 0) is 9.59 Å². The zero-order valence-corrected chi connectivity index (χ0v) is 18.6. The Bertz CT molecular complexity index is 1180. The van der Waals surface area contributed by atoms with E-state index in [0.29, 0.717) is 34.9 Å². The molecule has 0 aromatic heterocycles. The zero-order valence-electron chi connectivity index (χ0n) is 18.6. The first-order valence-electron chi connectivity index (χ1n) is 10.3. The van der Waals surface area contributed by atoms with Crippen LogP contribution < -0.4 is 25.0 Å². The Morgan fingerprint density at radius 2 is 1.65 bits per heavy atom. The average molecular weight is 461 g/mol. The molecule has 0 radical (unpaired) electrons. The van der Waals surface area contributed by atoms with E-state index in [1.165, 1.54) is 13.3 Å². The van der Waals surface area contributed by atoms with Crippen LogP contribution in [-0.4, -0.2) is 37.7 Å². The van der Waals surface area contributed by atoms with Crippen LogP contribution in [0.3, 0.4) is 0 Å². The van der Waals surface area contributed by atoms with Crippen molar-refractivity contribution in [3.05, 3.63) is 83.9 Å². The maximum absolute atomic E-state index is 12.3. The zero-order chi connectivity index (χ0) is 24.3. The van der Waals surface area contributed by atoms with Gasteiger partial charge in [-0.15, -0.1) is 0 Å². The molecule has 9 heteroatoms. The van der Waals surface area contributed by atoms with Gasteiger partial charge >= 0.3 is 17.8 Å². The summed E-state index contributed by atoms with van der Waals surface area (Å²) >= 11 is 0. The van der Waals surface area contributed by atoms with Crippen LogP contribution in [0.4, 0.5) is 5.69 Å². The molecule has 0 heterocycles. The molecule has 34 heavy (non-hydrogen) atoms. The lowest BCUT2D eigenvalue weighted by Gasteiger charge is -2.10. The quantitative estimate of drug-likeness (QED) is 0.175. The van der Waals surface area contributed by atoms with Crippen LogP contribution in [0.2, 0.25) is 0 Å². The number of ether oxygens (including phenoxy) is 3. The molecule has 0 aliphatic carbocycles. The second kappa shape index (κ2) is 11.8. The maximum atomic E-state index is 12.3. The minimum atomic E-state index is -0.939. The van der Waals surface area contributed by atoms with Crippen LogP contribution in [0.1, 0.15) is 22.8 Å². The number of rotatable bonds is 8. The van der Waals surface area contributed by atoms with Gasteiger partial charge in [0.25, 0.3) is 0 Å². The number of amides is 2. The van der Waals surface area contributed by atoms with Gasteiger partial charge in [-0.1, -0.05) is 18.2 Å². The molecule has 9 nitrogen and oxygen atoms in total. The molecule has 174 valence electrons. The summed E-state index contributed by atoms with van der Waals surface area (Å²) in [7, 11) is 1.43. The number of hydrogen-bond donors (Lipinski definition) is 2. The number of hydrazone groups is 1. The molecule has 0 bridgehead atoms. The Hall–Kier alpha value is -4.66. The topological polar surface area (TPSA) is 115 Å². The van der Waals surface area contributed by atoms with Crippen molar-refractivity contribution in [3.8, 4) is 17.2 Å². The highest BCUT2D eigenvalue weighted by molar-refractivity contribution is 6.39. The second-order valence-electron chi connectivity index (χ2n) is 6.78. The molecule has 0 unspecified atom stereocenters. The largest absolute Gasteiger partial charge is 0.494 e. The fourth-order valence-electron chi connectivity index (χ4n) is 2.79. The minimum absolute atomic E-state index is 0.229. The number of esters is 1. The number of anilines is 1. The number of hydrogen-bond acceptors (Lipinski definition) is 7. The number of nitrogens with one attached hydrogen (secondary N) is 2. The highest BCUT2D eigenvalue weighted by atomic mass is 16.6. The summed E-state index contributed by atoms with van der Waals surface area (Å²) in [6, 6.07) is 19.9. The summed E-state index contributed by atoms with van der Waals surface area (Å²) in [6.07, 6.45) is 1.33. The SMILES string of the molecule is CCOc1ccc(NC(=O)C(=O)N/N=C/c2ccc(OC(=O)c3ccccc3)c(OC)c2)cc1. The molecular formula is C25H23N3O6. The Labute approximate surface area is 196 Å². The number of carbonyl (C=O) groups is 3. The summed E-state index contributed by atoms with van der Waals surface area (Å²) in [5.74, 6) is -1.15. The Kier molecular flexibility index (Phi) is 8.34. The fraction of sp³-hybridized carbons (Fsp3) is 0.120. The van der Waals surface area contributed by atoms with E-state index in [2.05, 4.69) is 15.8 Å². The molecule has 0 saturated carbocycles. The Balaban J connectivity index is 1.56. The summed E-state index contributed by atoms with van der Waals surface area (Å²) < 4.78 is 16.0. The first-order valence-corrected chi connectivity index (χ1v) is 10.3. The number of nitrogens with zero attached hydrogens (tertiary/aromatic N) is 1. The van der Waals surface area contributed by atoms with E-state index in [-0.39, 0.29) is 5.75 Å². The Morgan fingerprint density at radius 1 is 0.912 bits per heavy atom. The van der Waals surface area contributed by atoms with E-state index in [0.717, 1.165) is 0 Å². The average Bonchev–Trinajstić information content (AvgIpc) is 2.86. The van der Waals surface area contributed by atoms with Gasteiger partial charge in [0.05, 0.1) is 25.5 Å². The monoisotopic (exact) mass is 461 g/mol. The van der Waals surface area contributed by atoms with Crippen LogP contribution in [0, 0.1) is 0 Å². The third kappa shape index (κ3) is 6.67. The number of benzene rings is 3. The lowest BCUT2D eigenvalue weighted by molar-refractivity contribution is -0.136. The van der Waals surface area contributed by atoms with Gasteiger partial charge in [0.1, 0.15) is 5.75 Å². The predicted molar refractivity (Wildman–Crippen MR) is 126 cm³/mol. The molecule has 2 N–H and O–H groups in total. The summed E-state index contributed by atoms with van der Waals surface area (Å²) in [5.41, 5.74) is 3.55. The van der Waals surface area contributed by atoms with Crippen molar-refractivity contribution in [2.24, 2.45) is 5.10 Å². The minimum Gasteiger partial charge on any atom is -0.494 e. The van der Waals surface area contributed by atoms with Gasteiger partial charge < -0.3 is 19.5 Å². The van der Waals surface area contributed by atoms with Gasteiger partial charge in [0.2, 0.25) is 0 Å². The van der Waals surface area contributed by atoms with Crippen LogP contribution in [0.15, 0.2) is 77.9 Å². The lowest BCUT2D eigenvalue weighted by atomic mass is 10.2. The number of carbonyl (C=O) groups excluding carboxylic acids is 3. The normalized spacial score (nSPS) is 10.4. The van der Waals surface area contributed by atoms with Crippen LogP contribution in [0.25, 0.3) is 0 Å². The molecule has 0 fully saturated rings. The van der Waals surface area contributed by atoms with Crippen molar-refractivity contribution in [1.29, 1.82) is 0 Å². The van der Waals surface area contributed by atoms with E-state index < -0.39 is 17.8 Å². The molecule has 3 aromatic rings. The summed E-state index contributed by atoms with van der Waals surface area (Å²) in [6.45, 7) is 2.39. The molecule has 0 aliphatic heterocycles. The lowest BCUT2D eigenvalue weighted by Crippen LogP contribution is -2.32. The number of methoxy groups -OCH3 is 1. The highest BCUT2D eigenvalue weighted by Crippen LogP contribution is 2.28. The van der Waals surface area contributed by atoms with E-state index in [1.54, 1.807) is 72.8 Å². The van der Waals surface area contributed by atoms with Gasteiger partial charge in [-0.05, 0) is 67.1 Å². The van der Waals surface area contributed by atoms with E-state index >= 15 is 0 Å². The first-order chi connectivity index (χ1) is 16.5. The van der Waals surface area contributed by atoms with Crippen molar-refractivity contribution in [3.63, 3.8) is 0 Å². The molecular weight excluding hydrogens is 438 g/mol. The maximum Gasteiger partial charge on any atom is 0.343 e. The van der Waals surface area contributed by atoms with E-state index in [1.807, 2.05) is 6.92 Å². The third-order valence-corrected chi connectivity index (χ3v) is 4.41.